The highest BCUT2D eigenvalue weighted by Crippen LogP contribution is 2.16. The maximum absolute atomic E-state index is 10.9. The van der Waals surface area contributed by atoms with Crippen LogP contribution in [0.2, 0.25) is 0 Å². The molecule has 0 aliphatic rings. The number of carbonyl (C=O) groups is 1. The number of benzene rings is 1. The van der Waals surface area contributed by atoms with Crippen molar-refractivity contribution in [3.05, 3.63) is 35.4 Å². The maximum atomic E-state index is 10.9. The smallest absolute Gasteiger partial charge is 0.310 e. The minimum Gasteiger partial charge on any atom is -0.481 e. The van der Waals surface area contributed by atoms with E-state index in [1.54, 1.807) is 14.0 Å². The first-order chi connectivity index (χ1) is 9.45. The number of hydrogen-bond donors (Lipinski definition) is 2. The van der Waals surface area contributed by atoms with Gasteiger partial charge < -0.3 is 15.2 Å². The highest BCUT2D eigenvalue weighted by Gasteiger charge is 2.14. The molecule has 20 heavy (non-hydrogen) atoms. The average Bonchev–Trinajstić information content (AvgIpc) is 2.42. The summed E-state index contributed by atoms with van der Waals surface area (Å²) in [7, 11) is 1.71. The minimum absolute atomic E-state index is 0.317. The van der Waals surface area contributed by atoms with Crippen LogP contribution < -0.4 is 5.32 Å². The van der Waals surface area contributed by atoms with Gasteiger partial charge in [0.2, 0.25) is 0 Å². The molecular weight excluding hydrogens is 254 g/mol. The van der Waals surface area contributed by atoms with Gasteiger partial charge in [0.05, 0.1) is 12.5 Å². The third-order valence-corrected chi connectivity index (χ3v) is 3.57. The van der Waals surface area contributed by atoms with Gasteiger partial charge >= 0.3 is 5.97 Å². The molecule has 0 fully saturated rings. The average molecular weight is 279 g/mol. The lowest BCUT2D eigenvalue weighted by atomic mass is 10.00. The Morgan fingerprint density at radius 1 is 1.25 bits per heavy atom. The SMILES string of the molecule is COCC(NCc1ccc(C(C)C(=O)O)cc1)C(C)C. The number of aliphatic carboxylic acids is 1. The first-order valence-electron chi connectivity index (χ1n) is 6.99. The van der Waals surface area contributed by atoms with Crippen LogP contribution >= 0.6 is 0 Å². The van der Waals surface area contributed by atoms with E-state index in [-0.39, 0.29) is 0 Å². The zero-order valence-electron chi connectivity index (χ0n) is 12.7. The van der Waals surface area contributed by atoms with Gasteiger partial charge in [-0.3, -0.25) is 4.79 Å². The van der Waals surface area contributed by atoms with E-state index < -0.39 is 11.9 Å². The summed E-state index contributed by atoms with van der Waals surface area (Å²) in [5, 5.41) is 12.4. The van der Waals surface area contributed by atoms with Gasteiger partial charge in [-0.05, 0) is 24.0 Å². The normalized spacial score (nSPS) is 14.2. The second-order valence-corrected chi connectivity index (χ2v) is 5.49. The van der Waals surface area contributed by atoms with Gasteiger partial charge in [-0.25, -0.2) is 0 Å². The molecule has 0 aliphatic carbocycles. The molecule has 0 heterocycles. The quantitative estimate of drug-likeness (QED) is 0.768. The Hall–Kier alpha value is -1.39. The Morgan fingerprint density at radius 2 is 1.85 bits per heavy atom. The van der Waals surface area contributed by atoms with E-state index in [9.17, 15) is 4.79 Å². The predicted octanol–water partition coefficient (Wildman–Crippen LogP) is 2.64. The fourth-order valence-electron chi connectivity index (χ4n) is 1.98. The molecule has 0 aliphatic heterocycles. The first-order valence-corrected chi connectivity index (χ1v) is 6.99. The molecule has 0 saturated carbocycles. The fourth-order valence-corrected chi connectivity index (χ4v) is 1.98. The van der Waals surface area contributed by atoms with Gasteiger partial charge in [0, 0.05) is 19.7 Å². The number of ether oxygens (including phenoxy) is 1. The maximum Gasteiger partial charge on any atom is 0.310 e. The monoisotopic (exact) mass is 279 g/mol. The lowest BCUT2D eigenvalue weighted by Gasteiger charge is -2.21. The zero-order chi connectivity index (χ0) is 15.1. The summed E-state index contributed by atoms with van der Waals surface area (Å²) in [6, 6.07) is 8.04. The van der Waals surface area contributed by atoms with E-state index in [1.807, 2.05) is 24.3 Å². The largest absolute Gasteiger partial charge is 0.481 e. The van der Waals surface area contributed by atoms with E-state index in [2.05, 4.69) is 19.2 Å². The van der Waals surface area contributed by atoms with Crippen molar-refractivity contribution in [2.75, 3.05) is 13.7 Å². The van der Waals surface area contributed by atoms with Crippen molar-refractivity contribution in [1.29, 1.82) is 0 Å². The van der Waals surface area contributed by atoms with Crippen LogP contribution in [0.5, 0.6) is 0 Å². The predicted molar refractivity (Wildman–Crippen MR) is 79.8 cm³/mol. The molecule has 0 saturated heterocycles. The van der Waals surface area contributed by atoms with Crippen molar-refractivity contribution in [1.82, 2.24) is 5.32 Å². The third-order valence-electron chi connectivity index (χ3n) is 3.57. The van der Waals surface area contributed by atoms with E-state index >= 15 is 0 Å². The second kappa shape index (κ2) is 8.02. The van der Waals surface area contributed by atoms with Crippen LogP contribution in [0, 0.1) is 5.92 Å². The molecule has 2 N–H and O–H groups in total. The topological polar surface area (TPSA) is 58.6 Å². The molecule has 4 nitrogen and oxygen atoms in total. The number of nitrogens with one attached hydrogen (secondary N) is 1. The van der Waals surface area contributed by atoms with Crippen LogP contribution in [-0.2, 0) is 16.1 Å². The van der Waals surface area contributed by atoms with E-state index in [0.717, 1.165) is 17.7 Å². The Morgan fingerprint density at radius 3 is 2.30 bits per heavy atom. The van der Waals surface area contributed by atoms with Crippen LogP contribution in [0.15, 0.2) is 24.3 Å². The summed E-state index contributed by atoms with van der Waals surface area (Å²) >= 11 is 0. The van der Waals surface area contributed by atoms with Crippen molar-refractivity contribution >= 4 is 5.97 Å². The summed E-state index contributed by atoms with van der Waals surface area (Å²) < 4.78 is 5.20. The van der Waals surface area contributed by atoms with E-state index in [4.69, 9.17) is 9.84 Å². The summed E-state index contributed by atoms with van der Waals surface area (Å²) in [5.41, 5.74) is 1.98. The highest BCUT2D eigenvalue weighted by atomic mass is 16.5. The molecule has 0 amide bonds. The van der Waals surface area contributed by atoms with Gasteiger partial charge in [0.15, 0.2) is 0 Å². The molecule has 1 aromatic carbocycles. The molecule has 112 valence electrons. The van der Waals surface area contributed by atoms with Gasteiger partial charge in [0.1, 0.15) is 0 Å². The molecule has 0 aromatic heterocycles. The fraction of sp³-hybridized carbons (Fsp3) is 0.562. The molecule has 1 aromatic rings. The highest BCUT2D eigenvalue weighted by molar-refractivity contribution is 5.75. The van der Waals surface area contributed by atoms with Crippen molar-refractivity contribution in [2.24, 2.45) is 5.92 Å². The number of carboxylic acids is 1. The van der Waals surface area contributed by atoms with Gasteiger partial charge in [-0.2, -0.15) is 0 Å². The Labute approximate surface area is 121 Å². The zero-order valence-corrected chi connectivity index (χ0v) is 12.7. The first kappa shape index (κ1) is 16.7. The summed E-state index contributed by atoms with van der Waals surface area (Å²) in [6.45, 7) is 7.46. The standard InChI is InChI=1S/C16H25NO3/c1-11(2)15(10-20-4)17-9-13-5-7-14(8-6-13)12(3)16(18)19/h5-8,11-12,15,17H,9-10H2,1-4H3,(H,18,19). The van der Waals surface area contributed by atoms with E-state index in [1.165, 1.54) is 0 Å². The molecule has 4 heteroatoms. The number of rotatable bonds is 8. The van der Waals surface area contributed by atoms with Crippen molar-refractivity contribution in [2.45, 2.75) is 39.3 Å². The Bertz CT molecular complexity index is 414. The summed E-state index contributed by atoms with van der Waals surface area (Å²) in [4.78, 5) is 10.9. The Kier molecular flexibility index (Phi) is 6.68. The second-order valence-electron chi connectivity index (χ2n) is 5.49. The van der Waals surface area contributed by atoms with Crippen LogP contribution in [0.1, 0.15) is 37.8 Å². The van der Waals surface area contributed by atoms with Gasteiger partial charge in [-0.1, -0.05) is 38.1 Å². The summed E-state index contributed by atoms with van der Waals surface area (Å²) in [5.74, 6) is -0.758. The molecule has 0 radical (unpaired) electrons. The third kappa shape index (κ3) is 4.94. The molecule has 2 unspecified atom stereocenters. The van der Waals surface area contributed by atoms with Crippen molar-refractivity contribution in [3.8, 4) is 0 Å². The van der Waals surface area contributed by atoms with Crippen LogP contribution in [-0.4, -0.2) is 30.8 Å². The van der Waals surface area contributed by atoms with Gasteiger partial charge in [-0.15, -0.1) is 0 Å². The van der Waals surface area contributed by atoms with Crippen LogP contribution in [0.3, 0.4) is 0 Å². The summed E-state index contributed by atoms with van der Waals surface area (Å²) in [6.07, 6.45) is 0. The number of hydrogen-bond acceptors (Lipinski definition) is 3. The van der Waals surface area contributed by atoms with E-state index in [0.29, 0.717) is 18.6 Å². The van der Waals surface area contributed by atoms with Crippen LogP contribution in [0.25, 0.3) is 0 Å². The lowest BCUT2D eigenvalue weighted by Crippen LogP contribution is -2.37. The molecule has 0 spiro atoms. The lowest BCUT2D eigenvalue weighted by molar-refractivity contribution is -0.138. The van der Waals surface area contributed by atoms with Gasteiger partial charge in [0.25, 0.3) is 0 Å². The molecule has 0 bridgehead atoms. The van der Waals surface area contributed by atoms with Crippen molar-refractivity contribution < 1.29 is 14.6 Å². The molecule has 1 rings (SSSR count). The minimum atomic E-state index is -0.796. The number of carboxylic acid groups (broad SMARTS) is 1. The molecular formula is C16H25NO3. The van der Waals surface area contributed by atoms with Crippen LogP contribution in [0.4, 0.5) is 0 Å². The number of methoxy groups -OCH3 is 1. The Balaban J connectivity index is 2.59. The molecule has 2 atom stereocenters. The van der Waals surface area contributed by atoms with Crippen molar-refractivity contribution in [3.63, 3.8) is 0 Å².